The Hall–Kier alpha value is -7.60. The van der Waals surface area contributed by atoms with Gasteiger partial charge < -0.3 is 15.0 Å². The number of benzene rings is 5. The molecule has 1 N–H and O–H groups in total. The number of fused-ring (bicyclic) bond motifs is 1. The van der Waals surface area contributed by atoms with Gasteiger partial charge in [-0.05, 0) is 89.9 Å². The molecule has 5 heterocycles. The fraction of sp³-hybridized carbons (Fsp3) is 0.241. The Morgan fingerprint density at radius 2 is 1.39 bits per heavy atom. The van der Waals surface area contributed by atoms with E-state index in [1.807, 2.05) is 47.5 Å². The number of nitrogens with zero attached hydrogens (tertiary/aromatic N) is 7. The Morgan fingerprint density at radius 1 is 0.725 bits per heavy atom. The summed E-state index contributed by atoms with van der Waals surface area (Å²) in [5, 5.41) is 9.84. The Labute approximate surface area is 402 Å². The van der Waals surface area contributed by atoms with Gasteiger partial charge in [0.15, 0.2) is 5.82 Å². The van der Waals surface area contributed by atoms with Gasteiger partial charge in [0.1, 0.15) is 11.2 Å². The molecular weight excluding hydrogens is 857 g/mol. The van der Waals surface area contributed by atoms with Gasteiger partial charge in [-0.25, -0.2) is 14.6 Å². The van der Waals surface area contributed by atoms with Gasteiger partial charge in [-0.3, -0.25) is 19.5 Å². The molecule has 1 saturated heterocycles. The average molecular weight is 911 g/mol. The summed E-state index contributed by atoms with van der Waals surface area (Å²) in [6.07, 6.45) is 11.2. The van der Waals surface area contributed by atoms with Crippen molar-refractivity contribution in [3.8, 4) is 22.6 Å². The van der Waals surface area contributed by atoms with Gasteiger partial charge in [-0.1, -0.05) is 121 Å². The zero-order valence-electron chi connectivity index (χ0n) is 38.7. The molecule has 0 bridgehead atoms. The molecule has 2 fully saturated rings. The second-order valence-corrected chi connectivity index (χ2v) is 18.6. The molecule has 5 aromatic carbocycles. The van der Waals surface area contributed by atoms with E-state index >= 15 is 0 Å². The molecule has 3 aromatic heterocycles. The van der Waals surface area contributed by atoms with E-state index in [1.165, 1.54) is 11.1 Å². The molecule has 1 atom stereocenters. The fourth-order valence-corrected chi connectivity index (χ4v) is 10.5. The normalized spacial score (nSPS) is 17.5. The maximum Gasteiger partial charge on any atom is 0.236 e. The topological polar surface area (TPSA) is 118 Å². The van der Waals surface area contributed by atoms with Crippen molar-refractivity contribution in [3.05, 3.63) is 204 Å². The van der Waals surface area contributed by atoms with Crippen LogP contribution in [0.1, 0.15) is 59.5 Å². The Balaban J connectivity index is 0.877. The molecule has 2 amide bonds. The van der Waals surface area contributed by atoms with Crippen molar-refractivity contribution in [2.75, 3.05) is 51.8 Å². The lowest BCUT2D eigenvalue weighted by Gasteiger charge is -2.37. The summed E-state index contributed by atoms with van der Waals surface area (Å²) in [6, 6.07) is 52.2. The molecule has 11 nitrogen and oxygen atoms in total. The first-order valence-electron chi connectivity index (χ1n) is 24.0. The van der Waals surface area contributed by atoms with Crippen molar-refractivity contribution in [1.82, 2.24) is 34.5 Å². The number of ether oxygens (including phenoxy) is 1. The first kappa shape index (κ1) is 43.9. The highest BCUT2D eigenvalue weighted by molar-refractivity contribution is 6.01. The first-order valence-corrected chi connectivity index (χ1v) is 24.0. The first-order chi connectivity index (χ1) is 33.9. The van der Waals surface area contributed by atoms with Crippen LogP contribution in [0.5, 0.6) is 0 Å². The van der Waals surface area contributed by atoms with E-state index in [9.17, 15) is 9.59 Å². The van der Waals surface area contributed by atoms with Gasteiger partial charge in [-0.2, -0.15) is 5.10 Å². The van der Waals surface area contributed by atoms with Crippen molar-refractivity contribution < 1.29 is 14.3 Å². The summed E-state index contributed by atoms with van der Waals surface area (Å²) in [5.41, 5.74) is 9.21. The molecule has 11 heteroatoms. The van der Waals surface area contributed by atoms with Crippen LogP contribution in [-0.4, -0.2) is 92.8 Å². The lowest BCUT2D eigenvalue weighted by Crippen LogP contribution is -2.45. The number of carbonyl (C=O) groups is 2. The number of likely N-dealkylation sites (tertiary alicyclic amines) is 1. The van der Waals surface area contributed by atoms with E-state index in [0.29, 0.717) is 36.9 Å². The van der Waals surface area contributed by atoms with Crippen LogP contribution < -0.4 is 5.32 Å². The molecule has 2 aliphatic heterocycles. The number of aromatic nitrogens is 5. The highest BCUT2D eigenvalue weighted by atomic mass is 16.5. The second-order valence-electron chi connectivity index (χ2n) is 18.6. The summed E-state index contributed by atoms with van der Waals surface area (Å²) in [4.78, 5) is 46.2. The number of methoxy groups -OCH3 is 1. The predicted octanol–water partition coefficient (Wildman–Crippen LogP) is 9.87. The Morgan fingerprint density at radius 3 is 2.01 bits per heavy atom. The lowest BCUT2D eigenvalue weighted by atomic mass is 9.77. The second kappa shape index (κ2) is 18.8. The standard InChI is InChI=1S/C58H54N8O3/c1-69-40-57(29-35-65(39-57)53(67)38-64-33-27-42(28-34-64)41-18-22-44(23-19-41)55-60-30-11-31-61-55)56(68)62-49-24-25-52-50(37-49)54(45-26-32-59-51(36-45)43-20-21-43)63-66(52)58(46-12-5-2-6-13-46,47-14-7-3-8-15-47)48-16-9-4-10-17-48/h2-19,22-27,30-32,36-37,43H,20-21,28-29,33-35,38-40H2,1H3,(H,62,68)/t57-/m1/s1. The summed E-state index contributed by atoms with van der Waals surface area (Å²) >= 11 is 0. The fourth-order valence-electron chi connectivity index (χ4n) is 10.5. The van der Waals surface area contributed by atoms with E-state index in [-0.39, 0.29) is 31.5 Å². The number of rotatable bonds is 14. The zero-order valence-corrected chi connectivity index (χ0v) is 38.7. The summed E-state index contributed by atoms with van der Waals surface area (Å²) in [6.45, 7) is 2.67. The quantitative estimate of drug-likeness (QED) is 0.107. The highest BCUT2D eigenvalue weighted by Gasteiger charge is 2.47. The maximum absolute atomic E-state index is 14.7. The monoisotopic (exact) mass is 910 g/mol. The van der Waals surface area contributed by atoms with Gasteiger partial charge in [-0.15, -0.1) is 0 Å². The SMILES string of the molecule is COC[C@@]1(C(=O)Nc2ccc3c(c2)c(-c2ccnc(C4CC4)c2)nn3C(c2ccccc2)(c2ccccc2)c2ccccc2)CCN(C(=O)CN2CC=C(c3ccc(-c4ncccn4)cc3)CC2)C1. The molecule has 0 spiro atoms. The van der Waals surface area contributed by atoms with E-state index in [0.717, 1.165) is 75.9 Å². The molecule has 1 aliphatic carbocycles. The zero-order chi connectivity index (χ0) is 46.8. The molecule has 8 aromatic rings. The molecule has 344 valence electrons. The van der Waals surface area contributed by atoms with Gasteiger partial charge in [0.05, 0.1) is 24.1 Å². The third kappa shape index (κ3) is 8.53. The third-order valence-electron chi connectivity index (χ3n) is 14.2. The number of hydrogen-bond acceptors (Lipinski definition) is 8. The molecular formula is C58H54N8O3. The van der Waals surface area contributed by atoms with Crippen molar-refractivity contribution >= 4 is 34.0 Å². The van der Waals surface area contributed by atoms with Gasteiger partial charge in [0, 0.05) is 85.7 Å². The number of nitrogens with one attached hydrogen (secondary N) is 1. The van der Waals surface area contributed by atoms with Crippen LogP contribution in [-0.2, 0) is 19.9 Å². The van der Waals surface area contributed by atoms with Crippen molar-refractivity contribution in [3.63, 3.8) is 0 Å². The van der Waals surface area contributed by atoms with Crippen LogP contribution in [0.15, 0.2) is 176 Å². The van der Waals surface area contributed by atoms with Crippen molar-refractivity contribution in [2.45, 2.75) is 37.1 Å². The smallest absolute Gasteiger partial charge is 0.236 e. The summed E-state index contributed by atoms with van der Waals surface area (Å²) in [7, 11) is 1.62. The van der Waals surface area contributed by atoms with Crippen LogP contribution in [0.4, 0.5) is 5.69 Å². The van der Waals surface area contributed by atoms with Crippen molar-refractivity contribution in [2.24, 2.45) is 5.41 Å². The predicted molar refractivity (Wildman–Crippen MR) is 270 cm³/mol. The minimum absolute atomic E-state index is 0.0185. The van der Waals surface area contributed by atoms with Gasteiger partial charge in [0.2, 0.25) is 11.8 Å². The largest absolute Gasteiger partial charge is 0.383 e. The van der Waals surface area contributed by atoms with Crippen molar-refractivity contribution in [1.29, 1.82) is 0 Å². The molecule has 1 saturated carbocycles. The molecule has 69 heavy (non-hydrogen) atoms. The van der Waals surface area contributed by atoms with E-state index in [2.05, 4.69) is 146 Å². The molecule has 0 unspecified atom stereocenters. The Kier molecular flexibility index (Phi) is 12.0. The lowest BCUT2D eigenvalue weighted by molar-refractivity contribution is -0.133. The number of carbonyl (C=O) groups excluding carboxylic acids is 2. The molecule has 3 aliphatic rings. The third-order valence-corrected chi connectivity index (χ3v) is 14.2. The average Bonchev–Trinajstić information content (AvgIpc) is 4.07. The number of anilines is 1. The van der Waals surface area contributed by atoms with Gasteiger partial charge in [0.25, 0.3) is 0 Å². The number of pyridine rings is 1. The molecule has 0 radical (unpaired) electrons. The Bertz CT molecular complexity index is 3040. The van der Waals surface area contributed by atoms with Crippen LogP contribution in [0, 0.1) is 5.41 Å². The van der Waals surface area contributed by atoms with E-state index in [4.69, 9.17) is 14.8 Å². The summed E-state index contributed by atoms with van der Waals surface area (Å²) < 4.78 is 7.93. The van der Waals surface area contributed by atoms with E-state index < -0.39 is 11.0 Å². The highest BCUT2D eigenvalue weighted by Crippen LogP contribution is 2.46. The van der Waals surface area contributed by atoms with Crippen LogP contribution in [0.2, 0.25) is 0 Å². The summed E-state index contributed by atoms with van der Waals surface area (Å²) in [5.74, 6) is 1.01. The van der Waals surface area contributed by atoms with Gasteiger partial charge >= 0.3 is 0 Å². The van der Waals surface area contributed by atoms with Crippen LogP contribution >= 0.6 is 0 Å². The van der Waals surface area contributed by atoms with Crippen LogP contribution in [0.25, 0.3) is 39.1 Å². The minimum Gasteiger partial charge on any atom is -0.383 e. The van der Waals surface area contributed by atoms with Crippen LogP contribution in [0.3, 0.4) is 0 Å². The maximum atomic E-state index is 14.7. The number of amides is 2. The van der Waals surface area contributed by atoms with E-state index in [1.54, 1.807) is 19.5 Å². The number of hydrogen-bond donors (Lipinski definition) is 1. The minimum atomic E-state index is -0.925. The molecule has 11 rings (SSSR count).